The summed E-state index contributed by atoms with van der Waals surface area (Å²) in [7, 11) is -3.16. The third-order valence-corrected chi connectivity index (χ3v) is 5.78. The molecule has 1 saturated heterocycles. The second kappa shape index (κ2) is 5.73. The number of rotatable bonds is 4. The van der Waals surface area contributed by atoms with E-state index < -0.39 is 15.9 Å². The van der Waals surface area contributed by atoms with Crippen LogP contribution in [0.4, 0.5) is 0 Å². The van der Waals surface area contributed by atoms with E-state index in [4.69, 9.17) is 4.42 Å². The molecule has 0 atom stereocenters. The van der Waals surface area contributed by atoms with Gasteiger partial charge in [0, 0.05) is 32.6 Å². The van der Waals surface area contributed by atoms with Crippen LogP contribution in [0.1, 0.15) is 32.9 Å². The number of nitrogens with one attached hydrogen (secondary N) is 2. The van der Waals surface area contributed by atoms with Gasteiger partial charge in [-0.3, -0.25) is 9.59 Å². The highest BCUT2D eigenvalue weighted by Crippen LogP contribution is 2.20. The molecule has 2 amide bonds. The van der Waals surface area contributed by atoms with Crippen LogP contribution in [-0.4, -0.2) is 56.5 Å². The van der Waals surface area contributed by atoms with Crippen molar-refractivity contribution in [1.29, 1.82) is 0 Å². The molecule has 0 saturated carbocycles. The minimum absolute atomic E-state index is 0.163. The lowest BCUT2D eigenvalue weighted by molar-refractivity contribution is 0.0914. The Morgan fingerprint density at radius 3 is 3.00 bits per heavy atom. The van der Waals surface area contributed by atoms with Gasteiger partial charge in [0.15, 0.2) is 0 Å². The minimum Gasteiger partial charge on any atom is -0.468 e. The van der Waals surface area contributed by atoms with Gasteiger partial charge in [0.25, 0.3) is 11.8 Å². The Labute approximate surface area is 127 Å². The second-order valence-corrected chi connectivity index (χ2v) is 7.37. The predicted octanol–water partition coefficient (Wildman–Crippen LogP) is -0.669. The molecule has 1 fully saturated rings. The second-order valence-electron chi connectivity index (χ2n) is 5.28. The first kappa shape index (κ1) is 15.0. The zero-order valence-corrected chi connectivity index (χ0v) is 12.7. The molecule has 0 aromatic carbocycles. The van der Waals surface area contributed by atoms with Gasteiger partial charge >= 0.3 is 0 Å². The van der Waals surface area contributed by atoms with Gasteiger partial charge in [-0.25, -0.2) is 12.7 Å². The highest BCUT2D eigenvalue weighted by atomic mass is 32.2. The number of fused-ring (bicyclic) bond motifs is 1. The molecule has 3 rings (SSSR count). The van der Waals surface area contributed by atoms with Gasteiger partial charge in [-0.15, -0.1) is 0 Å². The van der Waals surface area contributed by atoms with E-state index in [0.29, 0.717) is 31.7 Å². The molecule has 1 aromatic heterocycles. The molecular weight excluding hydrogens is 310 g/mol. The Hall–Kier alpha value is -1.87. The van der Waals surface area contributed by atoms with Gasteiger partial charge < -0.3 is 15.1 Å². The molecule has 0 aliphatic carbocycles. The van der Waals surface area contributed by atoms with Crippen molar-refractivity contribution in [3.05, 3.63) is 23.2 Å². The molecule has 120 valence electrons. The molecule has 0 radical (unpaired) electrons. The number of furan rings is 1. The lowest BCUT2D eigenvalue weighted by Gasteiger charge is -2.15. The van der Waals surface area contributed by atoms with Gasteiger partial charge in [0.1, 0.15) is 12.0 Å². The number of carbonyl (C=O) groups is 2. The summed E-state index contributed by atoms with van der Waals surface area (Å²) in [5.41, 5.74) is 0.467. The molecule has 22 heavy (non-hydrogen) atoms. The summed E-state index contributed by atoms with van der Waals surface area (Å²) in [6.07, 6.45) is 2.45. The zero-order chi connectivity index (χ0) is 15.7. The number of sulfonamides is 1. The van der Waals surface area contributed by atoms with Crippen LogP contribution in [0.5, 0.6) is 0 Å². The highest BCUT2D eigenvalue weighted by molar-refractivity contribution is 7.89. The van der Waals surface area contributed by atoms with Crippen LogP contribution < -0.4 is 10.6 Å². The standard InChI is InChI=1S/C13H17N3O5S/c17-12(15-4-6-16-5-1-7-22(16,19)20)9-8-21-10-2-3-14-13(18)11(9)10/h8H,1-7H2,(H,14,18)(H,15,17). The van der Waals surface area contributed by atoms with Crippen LogP contribution in [0, 0.1) is 0 Å². The molecule has 2 aliphatic heterocycles. The van der Waals surface area contributed by atoms with Crippen LogP contribution in [0.15, 0.2) is 10.7 Å². The molecule has 2 aliphatic rings. The molecule has 1 aromatic rings. The Morgan fingerprint density at radius 2 is 2.27 bits per heavy atom. The van der Waals surface area contributed by atoms with E-state index in [0.717, 1.165) is 0 Å². The number of amides is 2. The third kappa shape index (κ3) is 2.73. The Morgan fingerprint density at radius 1 is 1.45 bits per heavy atom. The van der Waals surface area contributed by atoms with Crippen molar-refractivity contribution >= 4 is 21.8 Å². The maximum absolute atomic E-state index is 12.1. The van der Waals surface area contributed by atoms with E-state index in [1.165, 1.54) is 10.6 Å². The summed E-state index contributed by atoms with van der Waals surface area (Å²) >= 11 is 0. The first-order chi connectivity index (χ1) is 10.5. The normalized spacial score (nSPS) is 20.5. The average Bonchev–Trinajstić information content (AvgIpc) is 3.03. The Bertz CT molecular complexity index is 709. The van der Waals surface area contributed by atoms with Gasteiger partial charge in [-0.05, 0) is 6.42 Å². The van der Waals surface area contributed by atoms with E-state index in [1.54, 1.807) is 0 Å². The van der Waals surface area contributed by atoms with E-state index >= 15 is 0 Å². The van der Waals surface area contributed by atoms with Crippen molar-refractivity contribution in [2.45, 2.75) is 12.8 Å². The topological polar surface area (TPSA) is 109 Å². The zero-order valence-electron chi connectivity index (χ0n) is 11.9. The first-order valence-corrected chi connectivity index (χ1v) is 8.74. The molecule has 8 nitrogen and oxygen atoms in total. The van der Waals surface area contributed by atoms with Gasteiger partial charge in [0.05, 0.1) is 16.9 Å². The minimum atomic E-state index is -3.16. The smallest absolute Gasteiger partial charge is 0.255 e. The molecule has 0 unspecified atom stereocenters. The first-order valence-electron chi connectivity index (χ1n) is 7.13. The summed E-state index contributed by atoms with van der Waals surface area (Å²) < 4.78 is 29.9. The maximum Gasteiger partial charge on any atom is 0.255 e. The van der Waals surface area contributed by atoms with Crippen molar-refractivity contribution < 1.29 is 22.4 Å². The van der Waals surface area contributed by atoms with E-state index in [2.05, 4.69) is 10.6 Å². The fourth-order valence-electron chi connectivity index (χ4n) is 2.71. The molecule has 0 bridgehead atoms. The molecule has 3 heterocycles. The quantitative estimate of drug-likeness (QED) is 0.762. The van der Waals surface area contributed by atoms with Crippen molar-refractivity contribution in [2.75, 3.05) is 31.9 Å². The third-order valence-electron chi connectivity index (χ3n) is 3.83. The molecular formula is C13H17N3O5S. The number of nitrogens with zero attached hydrogens (tertiary/aromatic N) is 1. The summed E-state index contributed by atoms with van der Waals surface area (Å²) in [5.74, 6) is -0.0759. The largest absolute Gasteiger partial charge is 0.468 e. The Balaban J connectivity index is 1.61. The summed E-state index contributed by atoms with van der Waals surface area (Å²) in [4.78, 5) is 23.9. The summed E-state index contributed by atoms with van der Waals surface area (Å²) in [6, 6.07) is 0. The summed E-state index contributed by atoms with van der Waals surface area (Å²) in [6.45, 7) is 1.41. The lowest BCUT2D eigenvalue weighted by Crippen LogP contribution is -2.37. The SMILES string of the molecule is O=C(NCCN1CCCS1(=O)=O)c1coc2c1C(=O)NCC2. The molecule has 2 N–H and O–H groups in total. The van der Waals surface area contributed by atoms with E-state index in [-0.39, 0.29) is 35.9 Å². The number of hydrogen-bond acceptors (Lipinski definition) is 5. The van der Waals surface area contributed by atoms with Crippen molar-refractivity contribution in [3.63, 3.8) is 0 Å². The number of carbonyl (C=O) groups excluding carboxylic acids is 2. The Kier molecular flexibility index (Phi) is 3.92. The van der Waals surface area contributed by atoms with Crippen LogP contribution in [-0.2, 0) is 16.4 Å². The summed E-state index contributed by atoms with van der Waals surface area (Å²) in [5, 5.41) is 5.30. The van der Waals surface area contributed by atoms with Gasteiger partial charge in [-0.1, -0.05) is 0 Å². The van der Waals surface area contributed by atoms with Crippen LogP contribution in [0.2, 0.25) is 0 Å². The van der Waals surface area contributed by atoms with Gasteiger partial charge in [-0.2, -0.15) is 0 Å². The van der Waals surface area contributed by atoms with E-state index in [9.17, 15) is 18.0 Å². The van der Waals surface area contributed by atoms with Crippen molar-refractivity contribution in [1.82, 2.24) is 14.9 Å². The maximum atomic E-state index is 12.1. The fourth-order valence-corrected chi connectivity index (χ4v) is 4.24. The lowest BCUT2D eigenvalue weighted by atomic mass is 10.0. The number of hydrogen-bond donors (Lipinski definition) is 2. The fraction of sp³-hybridized carbons (Fsp3) is 0.538. The monoisotopic (exact) mass is 327 g/mol. The van der Waals surface area contributed by atoms with Crippen LogP contribution in [0.3, 0.4) is 0 Å². The van der Waals surface area contributed by atoms with Crippen molar-refractivity contribution in [3.8, 4) is 0 Å². The van der Waals surface area contributed by atoms with Crippen LogP contribution in [0.25, 0.3) is 0 Å². The predicted molar refractivity (Wildman–Crippen MR) is 77.1 cm³/mol. The van der Waals surface area contributed by atoms with Gasteiger partial charge in [0.2, 0.25) is 10.0 Å². The average molecular weight is 327 g/mol. The molecule has 9 heteroatoms. The molecule has 0 spiro atoms. The van der Waals surface area contributed by atoms with Crippen LogP contribution >= 0.6 is 0 Å². The van der Waals surface area contributed by atoms with E-state index in [1.807, 2.05) is 0 Å². The highest BCUT2D eigenvalue weighted by Gasteiger charge is 2.29. The van der Waals surface area contributed by atoms with Crippen molar-refractivity contribution in [2.24, 2.45) is 0 Å².